The number of methoxy groups -OCH3 is 2. The van der Waals surface area contributed by atoms with E-state index in [1.165, 1.54) is 22.6 Å². The summed E-state index contributed by atoms with van der Waals surface area (Å²) in [4.78, 5) is 1.37. The highest BCUT2D eigenvalue weighted by atomic mass is 19.1. The lowest BCUT2D eigenvalue weighted by atomic mass is 9.79. The van der Waals surface area contributed by atoms with Crippen LogP contribution in [-0.2, 0) is 12.0 Å². The van der Waals surface area contributed by atoms with Crippen molar-refractivity contribution in [3.63, 3.8) is 0 Å². The maximum atomic E-state index is 13.3. The SMILES string of the molecule is COc1cc2c(cc1OC)[C@@H]1[NH+](CC2)CC[C@]1(O)c1ccc(F)cc1. The molecule has 4 nitrogen and oxygen atoms in total. The Labute approximate surface area is 146 Å². The van der Waals surface area contributed by atoms with Gasteiger partial charge in [-0.1, -0.05) is 12.1 Å². The summed E-state index contributed by atoms with van der Waals surface area (Å²) in [6.45, 7) is 1.86. The van der Waals surface area contributed by atoms with E-state index in [1.807, 2.05) is 12.1 Å². The van der Waals surface area contributed by atoms with Crippen molar-refractivity contribution in [2.24, 2.45) is 0 Å². The Morgan fingerprint density at radius 3 is 2.44 bits per heavy atom. The Hall–Kier alpha value is -2.11. The molecular weight excluding hydrogens is 321 g/mol. The summed E-state index contributed by atoms with van der Waals surface area (Å²) in [5, 5.41) is 11.6. The molecule has 0 amide bonds. The van der Waals surface area contributed by atoms with Crippen molar-refractivity contribution in [2.45, 2.75) is 24.5 Å². The Kier molecular flexibility index (Phi) is 3.93. The van der Waals surface area contributed by atoms with Crippen LogP contribution in [0.25, 0.3) is 0 Å². The van der Waals surface area contributed by atoms with E-state index in [4.69, 9.17) is 9.47 Å². The molecule has 2 aliphatic rings. The first-order valence-corrected chi connectivity index (χ1v) is 8.64. The third-order valence-corrected chi connectivity index (χ3v) is 5.73. The maximum absolute atomic E-state index is 13.3. The highest BCUT2D eigenvalue weighted by Crippen LogP contribution is 2.44. The van der Waals surface area contributed by atoms with E-state index in [-0.39, 0.29) is 11.9 Å². The van der Waals surface area contributed by atoms with Crippen molar-refractivity contribution in [3.05, 3.63) is 58.9 Å². The van der Waals surface area contributed by atoms with E-state index in [2.05, 4.69) is 0 Å². The first-order chi connectivity index (χ1) is 12.1. The third kappa shape index (κ3) is 2.50. The highest BCUT2D eigenvalue weighted by molar-refractivity contribution is 5.50. The molecular formula is C20H23FNO3+. The molecule has 2 N–H and O–H groups in total. The standard InChI is InChI=1S/C20H22FNO3/c1-24-17-11-13-7-9-22-10-8-20(23,14-3-5-15(21)6-4-14)19(22)16(13)12-18(17)25-2/h3-6,11-12,19,23H,7-10H2,1-2H3/p+1/t19-,20-/m0/s1. The number of hydrogen-bond acceptors (Lipinski definition) is 3. The van der Waals surface area contributed by atoms with Gasteiger partial charge in [-0.2, -0.15) is 0 Å². The average molecular weight is 344 g/mol. The summed E-state index contributed by atoms with van der Waals surface area (Å²) in [5.74, 6) is 1.11. The predicted octanol–water partition coefficient (Wildman–Crippen LogP) is 1.62. The molecule has 0 saturated carbocycles. The number of halogens is 1. The molecule has 0 radical (unpaired) electrons. The number of nitrogens with one attached hydrogen (secondary N) is 1. The Bertz CT molecular complexity index is 792. The first kappa shape index (κ1) is 16.4. The van der Waals surface area contributed by atoms with E-state index < -0.39 is 5.60 Å². The molecule has 2 heterocycles. The number of ether oxygens (including phenoxy) is 2. The van der Waals surface area contributed by atoms with Gasteiger partial charge in [0.15, 0.2) is 17.1 Å². The molecule has 2 aliphatic heterocycles. The Morgan fingerprint density at radius 2 is 1.76 bits per heavy atom. The molecule has 2 aromatic rings. The summed E-state index contributed by atoms with van der Waals surface area (Å²) in [5.41, 5.74) is 2.06. The minimum atomic E-state index is -1.00. The summed E-state index contributed by atoms with van der Waals surface area (Å²) in [6, 6.07) is 10.2. The molecule has 132 valence electrons. The van der Waals surface area contributed by atoms with Gasteiger partial charge in [0, 0.05) is 18.4 Å². The molecule has 1 saturated heterocycles. The molecule has 1 unspecified atom stereocenters. The van der Waals surface area contributed by atoms with E-state index in [1.54, 1.807) is 26.4 Å². The fraction of sp³-hybridized carbons (Fsp3) is 0.400. The lowest BCUT2D eigenvalue weighted by molar-refractivity contribution is -0.925. The number of fused-ring (bicyclic) bond motifs is 3. The van der Waals surface area contributed by atoms with Gasteiger partial charge in [-0.3, -0.25) is 0 Å². The van der Waals surface area contributed by atoms with Gasteiger partial charge in [0.25, 0.3) is 0 Å². The van der Waals surface area contributed by atoms with Gasteiger partial charge >= 0.3 is 0 Å². The fourth-order valence-electron chi connectivity index (χ4n) is 4.49. The van der Waals surface area contributed by atoms with Crippen LogP contribution in [0.1, 0.15) is 29.2 Å². The van der Waals surface area contributed by atoms with Crippen LogP contribution in [0.15, 0.2) is 36.4 Å². The van der Waals surface area contributed by atoms with Crippen LogP contribution in [-0.4, -0.2) is 32.4 Å². The lowest BCUT2D eigenvalue weighted by Gasteiger charge is -2.36. The molecule has 2 aromatic carbocycles. The normalized spacial score (nSPS) is 27.5. The zero-order chi connectivity index (χ0) is 17.6. The monoisotopic (exact) mass is 344 g/mol. The highest BCUT2D eigenvalue weighted by Gasteiger charge is 2.54. The number of rotatable bonds is 3. The van der Waals surface area contributed by atoms with Crippen molar-refractivity contribution in [3.8, 4) is 11.5 Å². The quantitative estimate of drug-likeness (QED) is 0.889. The van der Waals surface area contributed by atoms with E-state index >= 15 is 0 Å². The minimum Gasteiger partial charge on any atom is -0.493 e. The average Bonchev–Trinajstić information content (AvgIpc) is 2.99. The fourth-order valence-corrected chi connectivity index (χ4v) is 4.49. The van der Waals surface area contributed by atoms with Gasteiger partial charge in [0.1, 0.15) is 11.9 Å². The van der Waals surface area contributed by atoms with Crippen molar-refractivity contribution in [1.29, 1.82) is 0 Å². The number of quaternary nitrogens is 1. The third-order valence-electron chi connectivity index (χ3n) is 5.73. The number of aliphatic hydroxyl groups is 1. The molecule has 3 atom stereocenters. The van der Waals surface area contributed by atoms with Gasteiger partial charge in [-0.15, -0.1) is 0 Å². The topological polar surface area (TPSA) is 43.1 Å². The number of hydrogen-bond donors (Lipinski definition) is 2. The summed E-state index contributed by atoms with van der Waals surface area (Å²) >= 11 is 0. The van der Waals surface area contributed by atoms with Gasteiger partial charge in [-0.05, 0) is 35.4 Å². The summed E-state index contributed by atoms with van der Waals surface area (Å²) < 4.78 is 24.2. The van der Waals surface area contributed by atoms with Crippen molar-refractivity contribution >= 4 is 0 Å². The lowest BCUT2D eigenvalue weighted by Crippen LogP contribution is -3.12. The Balaban J connectivity index is 1.83. The van der Waals surface area contributed by atoms with Crippen molar-refractivity contribution < 1.29 is 23.9 Å². The van der Waals surface area contributed by atoms with Gasteiger partial charge in [0.2, 0.25) is 0 Å². The van der Waals surface area contributed by atoms with Gasteiger partial charge in [0.05, 0.1) is 27.3 Å². The van der Waals surface area contributed by atoms with E-state index in [0.717, 1.165) is 30.6 Å². The maximum Gasteiger partial charge on any atom is 0.161 e. The molecule has 0 aliphatic carbocycles. The van der Waals surface area contributed by atoms with Crippen molar-refractivity contribution in [1.82, 2.24) is 0 Å². The second-order valence-corrected chi connectivity index (χ2v) is 6.93. The van der Waals surface area contributed by atoms with Gasteiger partial charge < -0.3 is 19.5 Å². The number of benzene rings is 2. The van der Waals surface area contributed by atoms with Crippen LogP contribution in [0.5, 0.6) is 11.5 Å². The largest absolute Gasteiger partial charge is 0.493 e. The minimum absolute atomic E-state index is 0.0819. The van der Waals surface area contributed by atoms with Crippen molar-refractivity contribution in [2.75, 3.05) is 27.3 Å². The molecule has 1 fully saturated rings. The molecule has 4 rings (SSSR count). The van der Waals surface area contributed by atoms with Crippen LogP contribution in [0.3, 0.4) is 0 Å². The second-order valence-electron chi connectivity index (χ2n) is 6.93. The molecule has 0 bridgehead atoms. The molecule has 25 heavy (non-hydrogen) atoms. The molecule has 0 spiro atoms. The summed E-state index contributed by atoms with van der Waals surface area (Å²) in [7, 11) is 3.26. The first-order valence-electron chi connectivity index (χ1n) is 8.64. The zero-order valence-electron chi connectivity index (χ0n) is 14.5. The van der Waals surface area contributed by atoms with Gasteiger partial charge in [-0.25, -0.2) is 4.39 Å². The zero-order valence-corrected chi connectivity index (χ0v) is 14.5. The van der Waals surface area contributed by atoms with E-state index in [9.17, 15) is 9.50 Å². The van der Waals surface area contributed by atoms with E-state index in [0.29, 0.717) is 17.9 Å². The predicted molar refractivity (Wildman–Crippen MR) is 91.6 cm³/mol. The van der Waals surface area contributed by atoms with Crippen LogP contribution < -0.4 is 14.4 Å². The second kappa shape index (κ2) is 6.00. The molecule has 0 aromatic heterocycles. The van der Waals surface area contributed by atoms with Crippen LogP contribution in [0.2, 0.25) is 0 Å². The molecule has 5 heteroatoms. The van der Waals surface area contributed by atoms with Crippen LogP contribution in [0, 0.1) is 5.82 Å². The van der Waals surface area contributed by atoms with Crippen LogP contribution in [0.4, 0.5) is 4.39 Å². The Morgan fingerprint density at radius 1 is 1.08 bits per heavy atom. The van der Waals surface area contributed by atoms with Crippen LogP contribution >= 0.6 is 0 Å². The smallest absolute Gasteiger partial charge is 0.161 e. The summed E-state index contributed by atoms with van der Waals surface area (Å²) in [6.07, 6.45) is 1.60.